The van der Waals surface area contributed by atoms with Crippen LogP contribution in [0.5, 0.6) is 0 Å². The molecule has 0 spiro atoms. The molecule has 0 saturated carbocycles. The number of nitrogens with one attached hydrogen (secondary N) is 1. The molecule has 112 valence electrons. The molecule has 0 heterocycles. The van der Waals surface area contributed by atoms with E-state index in [2.05, 4.69) is 20.7 Å². The highest BCUT2D eigenvalue weighted by atomic mass is 79.9. The van der Waals surface area contributed by atoms with Gasteiger partial charge in [0.05, 0.1) is 6.42 Å². The Labute approximate surface area is 123 Å². The van der Waals surface area contributed by atoms with Gasteiger partial charge in [0.15, 0.2) is 0 Å². The topological polar surface area (TPSA) is 83.5 Å². The molecule has 0 bridgehead atoms. The number of aliphatic carboxylic acids is 1. The van der Waals surface area contributed by atoms with Crippen LogP contribution in [-0.2, 0) is 14.8 Å². The molecule has 1 aromatic carbocycles. The van der Waals surface area contributed by atoms with E-state index in [1.165, 1.54) is 0 Å². The van der Waals surface area contributed by atoms with Crippen LogP contribution < -0.4 is 4.72 Å². The quantitative estimate of drug-likeness (QED) is 0.803. The predicted molar refractivity (Wildman–Crippen MR) is 70.7 cm³/mol. The number of carboxylic acid groups (broad SMARTS) is 1. The van der Waals surface area contributed by atoms with Crippen LogP contribution in [0.4, 0.5) is 8.78 Å². The third kappa shape index (κ3) is 4.22. The van der Waals surface area contributed by atoms with Crippen LogP contribution in [0.2, 0.25) is 0 Å². The zero-order chi connectivity index (χ0) is 15.5. The molecule has 9 heteroatoms. The van der Waals surface area contributed by atoms with E-state index in [0.717, 1.165) is 6.07 Å². The van der Waals surface area contributed by atoms with E-state index in [9.17, 15) is 22.0 Å². The molecule has 0 saturated heterocycles. The van der Waals surface area contributed by atoms with E-state index >= 15 is 0 Å². The summed E-state index contributed by atoms with van der Waals surface area (Å²) in [5, 5.41) is 8.66. The van der Waals surface area contributed by atoms with E-state index in [1.807, 2.05) is 0 Å². The fourth-order valence-electron chi connectivity index (χ4n) is 1.54. The van der Waals surface area contributed by atoms with Gasteiger partial charge in [-0.05, 0) is 28.4 Å². The first kappa shape index (κ1) is 17.0. The van der Waals surface area contributed by atoms with Crippen LogP contribution in [0, 0.1) is 11.6 Å². The summed E-state index contributed by atoms with van der Waals surface area (Å²) in [6.45, 7) is 1.59. The summed E-state index contributed by atoms with van der Waals surface area (Å²) >= 11 is 2.78. The Balaban J connectivity index is 3.14. The van der Waals surface area contributed by atoms with Crippen molar-refractivity contribution >= 4 is 31.9 Å². The van der Waals surface area contributed by atoms with Crippen molar-refractivity contribution < 1.29 is 27.1 Å². The van der Waals surface area contributed by atoms with Crippen molar-refractivity contribution in [3.8, 4) is 0 Å². The normalized spacial score (nSPS) is 13.2. The molecule has 1 unspecified atom stereocenters. The van der Waals surface area contributed by atoms with Crippen LogP contribution in [-0.4, -0.2) is 25.5 Å². The third-order valence-corrected chi connectivity index (χ3v) is 4.95. The van der Waals surface area contributed by atoms with Crippen LogP contribution in [0.15, 0.2) is 21.5 Å². The van der Waals surface area contributed by atoms with Crippen LogP contribution in [0.25, 0.3) is 0 Å². The Morgan fingerprint density at radius 2 is 2.05 bits per heavy atom. The maximum absolute atomic E-state index is 13.6. The second kappa shape index (κ2) is 6.59. The lowest BCUT2D eigenvalue weighted by molar-refractivity contribution is -0.137. The average molecular weight is 372 g/mol. The summed E-state index contributed by atoms with van der Waals surface area (Å²) in [5.74, 6) is -3.36. The predicted octanol–water partition coefficient (Wildman–Crippen LogP) is 2.26. The van der Waals surface area contributed by atoms with Gasteiger partial charge in [-0.1, -0.05) is 6.92 Å². The summed E-state index contributed by atoms with van der Waals surface area (Å²) in [5.41, 5.74) is 0. The lowest BCUT2D eigenvalue weighted by Crippen LogP contribution is -2.36. The first-order chi connectivity index (χ1) is 9.17. The van der Waals surface area contributed by atoms with Crippen molar-refractivity contribution in [2.75, 3.05) is 0 Å². The van der Waals surface area contributed by atoms with Gasteiger partial charge < -0.3 is 5.11 Å². The average Bonchev–Trinajstić information content (AvgIpc) is 2.24. The number of rotatable bonds is 6. The fourth-order valence-corrected chi connectivity index (χ4v) is 4.03. The third-order valence-electron chi connectivity index (χ3n) is 2.47. The molecule has 0 fully saturated rings. The summed E-state index contributed by atoms with van der Waals surface area (Å²) in [6.07, 6.45) is -0.220. The molecule has 5 nitrogen and oxygen atoms in total. The van der Waals surface area contributed by atoms with Gasteiger partial charge in [-0.3, -0.25) is 4.79 Å². The Morgan fingerprint density at radius 1 is 1.45 bits per heavy atom. The van der Waals surface area contributed by atoms with E-state index < -0.39 is 45.0 Å². The second-order valence-electron chi connectivity index (χ2n) is 4.02. The lowest BCUT2D eigenvalue weighted by Gasteiger charge is -2.16. The first-order valence-electron chi connectivity index (χ1n) is 5.56. The smallest absolute Gasteiger partial charge is 0.304 e. The number of carbonyl (C=O) groups is 1. The molecule has 20 heavy (non-hydrogen) atoms. The molecule has 0 aliphatic carbocycles. The summed E-state index contributed by atoms with van der Waals surface area (Å²) in [4.78, 5) is 9.85. The summed E-state index contributed by atoms with van der Waals surface area (Å²) in [6, 6.07) is 0.377. The summed E-state index contributed by atoms with van der Waals surface area (Å²) < 4.78 is 52.5. The van der Waals surface area contributed by atoms with Crippen molar-refractivity contribution in [2.45, 2.75) is 30.7 Å². The van der Waals surface area contributed by atoms with E-state index in [0.29, 0.717) is 6.07 Å². The number of benzene rings is 1. The standard InChI is InChI=1S/C11H12BrF2NO4S/c1-2-7(5-10(16)17)15-20(18,19)11-8(12)3-6(13)4-9(11)14/h3-4,7,15H,2,5H2,1H3,(H,16,17). The minimum atomic E-state index is -4.30. The van der Waals surface area contributed by atoms with Crippen LogP contribution in [0.1, 0.15) is 19.8 Å². The van der Waals surface area contributed by atoms with Crippen LogP contribution >= 0.6 is 15.9 Å². The highest BCUT2D eigenvalue weighted by molar-refractivity contribution is 9.10. The van der Waals surface area contributed by atoms with Crippen molar-refractivity contribution in [3.05, 3.63) is 28.2 Å². The molecule has 0 aliphatic rings. The highest BCUT2D eigenvalue weighted by Gasteiger charge is 2.27. The Hall–Kier alpha value is -1.06. The van der Waals surface area contributed by atoms with Gasteiger partial charge in [0, 0.05) is 16.6 Å². The van der Waals surface area contributed by atoms with E-state index in [-0.39, 0.29) is 10.9 Å². The Bertz CT molecular complexity index is 598. The number of sulfonamides is 1. The van der Waals surface area contributed by atoms with Gasteiger partial charge in [-0.15, -0.1) is 0 Å². The SMILES string of the molecule is CCC(CC(=O)O)NS(=O)(=O)c1c(F)cc(F)cc1Br. The van der Waals surface area contributed by atoms with Crippen molar-refractivity contribution in [2.24, 2.45) is 0 Å². The van der Waals surface area contributed by atoms with Gasteiger partial charge >= 0.3 is 5.97 Å². The number of hydrogen-bond donors (Lipinski definition) is 2. The molecule has 0 radical (unpaired) electrons. The van der Waals surface area contributed by atoms with E-state index in [1.54, 1.807) is 6.92 Å². The molecule has 0 aromatic heterocycles. The van der Waals surface area contributed by atoms with Crippen molar-refractivity contribution in [1.29, 1.82) is 0 Å². The van der Waals surface area contributed by atoms with Gasteiger partial charge in [0.1, 0.15) is 16.5 Å². The van der Waals surface area contributed by atoms with Gasteiger partial charge in [0.2, 0.25) is 10.0 Å². The fraction of sp³-hybridized carbons (Fsp3) is 0.364. The minimum absolute atomic E-state index is 0.214. The zero-order valence-corrected chi connectivity index (χ0v) is 12.8. The molecule has 2 N–H and O–H groups in total. The zero-order valence-electron chi connectivity index (χ0n) is 10.4. The van der Waals surface area contributed by atoms with Crippen molar-refractivity contribution in [1.82, 2.24) is 4.72 Å². The van der Waals surface area contributed by atoms with Crippen molar-refractivity contribution in [3.63, 3.8) is 0 Å². The Kier molecular flexibility index (Phi) is 5.60. The van der Waals surface area contributed by atoms with Crippen LogP contribution in [0.3, 0.4) is 0 Å². The maximum Gasteiger partial charge on any atom is 0.304 e. The highest BCUT2D eigenvalue weighted by Crippen LogP contribution is 2.26. The van der Waals surface area contributed by atoms with Gasteiger partial charge in [-0.2, -0.15) is 0 Å². The molecule has 0 aliphatic heterocycles. The maximum atomic E-state index is 13.6. The second-order valence-corrected chi connectivity index (χ2v) is 6.53. The minimum Gasteiger partial charge on any atom is -0.481 e. The number of hydrogen-bond acceptors (Lipinski definition) is 3. The lowest BCUT2D eigenvalue weighted by atomic mass is 10.2. The van der Waals surface area contributed by atoms with Gasteiger partial charge in [0.25, 0.3) is 0 Å². The summed E-state index contributed by atoms with van der Waals surface area (Å²) in [7, 11) is -4.30. The molecular weight excluding hydrogens is 360 g/mol. The Morgan fingerprint density at radius 3 is 2.50 bits per heavy atom. The molecular formula is C11H12BrF2NO4S. The molecule has 1 rings (SSSR count). The van der Waals surface area contributed by atoms with E-state index in [4.69, 9.17) is 5.11 Å². The van der Waals surface area contributed by atoms with Gasteiger partial charge in [-0.25, -0.2) is 21.9 Å². The number of halogens is 3. The molecule has 0 amide bonds. The first-order valence-corrected chi connectivity index (χ1v) is 7.83. The molecule has 1 atom stereocenters. The number of carboxylic acids is 1. The molecule has 1 aromatic rings. The monoisotopic (exact) mass is 371 g/mol. The largest absolute Gasteiger partial charge is 0.481 e.